The molecule has 1 heterocycles. The molecule has 3 rings (SSSR count). The van der Waals surface area contributed by atoms with Gasteiger partial charge in [-0.15, -0.1) is 0 Å². The van der Waals surface area contributed by atoms with Crippen LogP contribution in [-0.4, -0.2) is 18.1 Å². The van der Waals surface area contributed by atoms with Crippen molar-refractivity contribution in [3.63, 3.8) is 0 Å². The normalized spacial score (nSPS) is 10.5. The number of benzene rings is 2. The minimum absolute atomic E-state index is 0.346. The van der Waals surface area contributed by atoms with E-state index < -0.39 is 0 Å². The van der Waals surface area contributed by atoms with Crippen molar-refractivity contribution in [1.82, 2.24) is 4.98 Å². The summed E-state index contributed by atoms with van der Waals surface area (Å²) in [5, 5.41) is 4.43. The first-order valence-corrected chi connectivity index (χ1v) is 7.54. The summed E-state index contributed by atoms with van der Waals surface area (Å²) in [6.07, 6.45) is 2.75. The topological polar surface area (TPSA) is 51.2 Å². The largest absolute Gasteiger partial charge is 0.465 e. The molecular formula is C19H18N2O2. The van der Waals surface area contributed by atoms with Crippen LogP contribution in [0.2, 0.25) is 0 Å². The van der Waals surface area contributed by atoms with Gasteiger partial charge in [0.15, 0.2) is 0 Å². The van der Waals surface area contributed by atoms with Crippen molar-refractivity contribution in [3.05, 3.63) is 65.9 Å². The van der Waals surface area contributed by atoms with E-state index in [4.69, 9.17) is 4.74 Å². The number of nitrogens with one attached hydrogen (secondary N) is 1. The summed E-state index contributed by atoms with van der Waals surface area (Å²) in [4.78, 5) is 16.1. The van der Waals surface area contributed by atoms with Crippen LogP contribution in [0.1, 0.15) is 22.8 Å². The van der Waals surface area contributed by atoms with Crippen LogP contribution >= 0.6 is 0 Å². The summed E-state index contributed by atoms with van der Waals surface area (Å²) in [5.74, 6) is -0.346. The highest BCUT2D eigenvalue weighted by Gasteiger charge is 2.07. The third kappa shape index (κ3) is 3.16. The van der Waals surface area contributed by atoms with Crippen LogP contribution in [0, 0.1) is 0 Å². The quantitative estimate of drug-likeness (QED) is 0.729. The van der Waals surface area contributed by atoms with Gasteiger partial charge in [-0.2, -0.15) is 0 Å². The predicted molar refractivity (Wildman–Crippen MR) is 92.2 cm³/mol. The average Bonchev–Trinajstić information content (AvgIpc) is 2.61. The number of hydrogen-bond donors (Lipinski definition) is 1. The molecule has 0 unspecified atom stereocenters. The van der Waals surface area contributed by atoms with E-state index in [1.54, 1.807) is 18.3 Å². The van der Waals surface area contributed by atoms with Crippen LogP contribution < -0.4 is 5.32 Å². The molecule has 0 aliphatic heterocycles. The molecule has 116 valence electrons. The standard InChI is InChI=1S/C19H18N2O2/c1-3-13-7-8-17-16(11-13)18(9-10-20-17)21-15-6-4-5-14(12-15)19(22)23-2/h4-12H,3H2,1-2H3,(H,20,21). The highest BCUT2D eigenvalue weighted by Crippen LogP contribution is 2.26. The molecule has 23 heavy (non-hydrogen) atoms. The number of aromatic nitrogens is 1. The summed E-state index contributed by atoms with van der Waals surface area (Å²) >= 11 is 0. The van der Waals surface area contributed by atoms with E-state index in [9.17, 15) is 4.79 Å². The number of anilines is 2. The Balaban J connectivity index is 2.00. The number of ether oxygens (including phenoxy) is 1. The van der Waals surface area contributed by atoms with Gasteiger partial charge in [0.2, 0.25) is 0 Å². The van der Waals surface area contributed by atoms with Crippen molar-refractivity contribution in [2.24, 2.45) is 0 Å². The van der Waals surface area contributed by atoms with Crippen LogP contribution in [0.4, 0.5) is 11.4 Å². The van der Waals surface area contributed by atoms with Crippen LogP contribution in [0.25, 0.3) is 10.9 Å². The number of nitrogens with zero attached hydrogens (tertiary/aromatic N) is 1. The van der Waals surface area contributed by atoms with E-state index in [-0.39, 0.29) is 5.97 Å². The summed E-state index contributed by atoms with van der Waals surface area (Å²) < 4.78 is 4.77. The molecule has 1 aromatic heterocycles. The number of pyridine rings is 1. The smallest absolute Gasteiger partial charge is 0.337 e. The van der Waals surface area contributed by atoms with Crippen molar-refractivity contribution in [1.29, 1.82) is 0 Å². The fourth-order valence-electron chi connectivity index (χ4n) is 2.52. The second-order valence-electron chi connectivity index (χ2n) is 5.26. The van der Waals surface area contributed by atoms with Gasteiger partial charge in [0.1, 0.15) is 0 Å². The molecule has 0 radical (unpaired) electrons. The summed E-state index contributed by atoms with van der Waals surface area (Å²) in [5.41, 5.74) is 4.52. The van der Waals surface area contributed by atoms with Gasteiger partial charge in [-0.25, -0.2) is 4.79 Å². The molecule has 0 saturated carbocycles. The number of methoxy groups -OCH3 is 1. The van der Waals surface area contributed by atoms with Crippen molar-refractivity contribution in [2.45, 2.75) is 13.3 Å². The van der Waals surface area contributed by atoms with E-state index in [0.29, 0.717) is 5.56 Å². The zero-order valence-corrected chi connectivity index (χ0v) is 13.2. The van der Waals surface area contributed by atoms with Crippen LogP contribution in [0.3, 0.4) is 0 Å². The molecule has 1 N–H and O–H groups in total. The Kier molecular flexibility index (Phi) is 4.24. The van der Waals surface area contributed by atoms with E-state index in [0.717, 1.165) is 28.7 Å². The lowest BCUT2D eigenvalue weighted by molar-refractivity contribution is 0.0601. The Morgan fingerprint density at radius 2 is 2.04 bits per heavy atom. The minimum Gasteiger partial charge on any atom is -0.465 e. The zero-order valence-electron chi connectivity index (χ0n) is 13.2. The fourth-order valence-corrected chi connectivity index (χ4v) is 2.52. The van der Waals surface area contributed by atoms with Gasteiger partial charge in [0, 0.05) is 23.0 Å². The maximum absolute atomic E-state index is 11.7. The first-order chi connectivity index (χ1) is 11.2. The monoisotopic (exact) mass is 306 g/mol. The maximum atomic E-state index is 11.7. The second kappa shape index (κ2) is 6.48. The lowest BCUT2D eigenvalue weighted by Gasteiger charge is -2.11. The minimum atomic E-state index is -0.346. The van der Waals surface area contributed by atoms with Crippen molar-refractivity contribution in [2.75, 3.05) is 12.4 Å². The first kappa shape index (κ1) is 15.0. The predicted octanol–water partition coefficient (Wildman–Crippen LogP) is 4.33. The Morgan fingerprint density at radius 1 is 1.17 bits per heavy atom. The number of aryl methyl sites for hydroxylation is 1. The Morgan fingerprint density at radius 3 is 2.83 bits per heavy atom. The third-order valence-electron chi connectivity index (χ3n) is 3.78. The lowest BCUT2D eigenvalue weighted by Crippen LogP contribution is -2.02. The molecule has 3 aromatic rings. The van der Waals surface area contributed by atoms with E-state index in [2.05, 4.69) is 29.4 Å². The SMILES string of the molecule is CCc1ccc2nccc(Nc3cccc(C(=O)OC)c3)c2c1. The van der Waals surface area contributed by atoms with Gasteiger partial charge in [-0.3, -0.25) is 4.98 Å². The number of rotatable bonds is 4. The van der Waals surface area contributed by atoms with Gasteiger partial charge in [-0.05, 0) is 48.4 Å². The van der Waals surface area contributed by atoms with Crippen molar-refractivity contribution < 1.29 is 9.53 Å². The number of carbonyl (C=O) groups excluding carboxylic acids is 1. The van der Waals surface area contributed by atoms with Crippen LogP contribution in [0.5, 0.6) is 0 Å². The number of esters is 1. The Hall–Kier alpha value is -2.88. The van der Waals surface area contributed by atoms with Gasteiger partial charge in [-0.1, -0.05) is 19.1 Å². The second-order valence-corrected chi connectivity index (χ2v) is 5.26. The van der Waals surface area contributed by atoms with E-state index in [1.165, 1.54) is 12.7 Å². The molecule has 4 nitrogen and oxygen atoms in total. The summed E-state index contributed by atoms with van der Waals surface area (Å²) in [6, 6.07) is 15.5. The maximum Gasteiger partial charge on any atom is 0.337 e. The Labute approximate surface area is 135 Å². The summed E-state index contributed by atoms with van der Waals surface area (Å²) in [6.45, 7) is 2.13. The fraction of sp³-hybridized carbons (Fsp3) is 0.158. The molecule has 0 aliphatic rings. The third-order valence-corrected chi connectivity index (χ3v) is 3.78. The average molecular weight is 306 g/mol. The molecule has 0 bridgehead atoms. The Bertz CT molecular complexity index is 859. The molecular weight excluding hydrogens is 288 g/mol. The van der Waals surface area contributed by atoms with Crippen molar-refractivity contribution in [3.8, 4) is 0 Å². The first-order valence-electron chi connectivity index (χ1n) is 7.54. The number of hydrogen-bond acceptors (Lipinski definition) is 4. The summed E-state index contributed by atoms with van der Waals surface area (Å²) in [7, 11) is 1.38. The van der Waals surface area contributed by atoms with Gasteiger partial charge < -0.3 is 10.1 Å². The molecule has 0 aliphatic carbocycles. The molecule has 0 spiro atoms. The van der Waals surface area contributed by atoms with Gasteiger partial charge >= 0.3 is 5.97 Å². The highest BCUT2D eigenvalue weighted by molar-refractivity contribution is 5.94. The van der Waals surface area contributed by atoms with Crippen LogP contribution in [-0.2, 0) is 11.2 Å². The number of carbonyl (C=O) groups is 1. The van der Waals surface area contributed by atoms with E-state index in [1.807, 2.05) is 24.3 Å². The van der Waals surface area contributed by atoms with Gasteiger partial charge in [0.25, 0.3) is 0 Å². The van der Waals surface area contributed by atoms with Crippen LogP contribution in [0.15, 0.2) is 54.7 Å². The van der Waals surface area contributed by atoms with E-state index >= 15 is 0 Å². The molecule has 0 fully saturated rings. The zero-order chi connectivity index (χ0) is 16.2. The lowest BCUT2D eigenvalue weighted by atomic mass is 10.1. The van der Waals surface area contributed by atoms with Crippen molar-refractivity contribution >= 4 is 28.2 Å². The number of fused-ring (bicyclic) bond motifs is 1. The molecule has 0 amide bonds. The molecule has 0 atom stereocenters. The highest BCUT2D eigenvalue weighted by atomic mass is 16.5. The van der Waals surface area contributed by atoms with Gasteiger partial charge in [0.05, 0.1) is 18.2 Å². The molecule has 2 aromatic carbocycles. The molecule has 0 saturated heterocycles. The molecule has 4 heteroatoms.